The number of halogens is 1. The molecule has 2 nitrogen and oxygen atoms in total. The van der Waals surface area contributed by atoms with Gasteiger partial charge in [-0.05, 0) is 31.4 Å². The summed E-state index contributed by atoms with van der Waals surface area (Å²) in [6, 6.07) is 7.47. The van der Waals surface area contributed by atoms with E-state index in [1.54, 1.807) is 0 Å². The Hall–Kier alpha value is -0.570. The minimum Gasteiger partial charge on any atom is -0.388 e. The molecule has 1 aromatic carbocycles. The number of ether oxygens (including phenoxy) is 1. The van der Waals surface area contributed by atoms with Gasteiger partial charge < -0.3 is 9.84 Å². The first-order chi connectivity index (χ1) is 8.02. The van der Waals surface area contributed by atoms with Gasteiger partial charge >= 0.3 is 0 Å². The highest BCUT2D eigenvalue weighted by Gasteiger charge is 2.41. The smallest absolute Gasteiger partial charge is 0.0860 e. The highest BCUT2D eigenvalue weighted by molar-refractivity contribution is 6.31. The zero-order chi connectivity index (χ0) is 12.6. The van der Waals surface area contributed by atoms with Gasteiger partial charge in [-0.2, -0.15) is 0 Å². The maximum absolute atomic E-state index is 10.5. The number of aliphatic hydroxyl groups excluding tert-OH is 1. The van der Waals surface area contributed by atoms with Crippen LogP contribution in [0.1, 0.15) is 32.4 Å². The summed E-state index contributed by atoms with van der Waals surface area (Å²) in [5, 5.41) is 11.1. The van der Waals surface area contributed by atoms with E-state index in [4.69, 9.17) is 16.3 Å². The Labute approximate surface area is 108 Å². The highest BCUT2D eigenvalue weighted by atomic mass is 35.5. The van der Waals surface area contributed by atoms with E-state index in [0.717, 1.165) is 5.56 Å². The predicted octanol–water partition coefficient (Wildman–Crippen LogP) is 3.43. The van der Waals surface area contributed by atoms with Crippen LogP contribution >= 0.6 is 11.6 Å². The third-order valence-corrected chi connectivity index (χ3v) is 4.25. The minimum absolute atomic E-state index is 0.0614. The molecule has 1 heterocycles. The Balaban J connectivity index is 2.26. The van der Waals surface area contributed by atoms with Gasteiger partial charge in [-0.15, -0.1) is 0 Å². The van der Waals surface area contributed by atoms with Crippen LogP contribution in [0.5, 0.6) is 0 Å². The van der Waals surface area contributed by atoms with Crippen LogP contribution in [0.15, 0.2) is 24.3 Å². The maximum atomic E-state index is 10.5. The van der Waals surface area contributed by atoms with E-state index < -0.39 is 6.10 Å². The molecule has 0 aliphatic carbocycles. The van der Waals surface area contributed by atoms with Crippen LogP contribution in [0.3, 0.4) is 0 Å². The third-order valence-electron chi connectivity index (χ3n) is 3.91. The van der Waals surface area contributed by atoms with E-state index >= 15 is 0 Å². The number of hydrogen-bond acceptors (Lipinski definition) is 2. The van der Waals surface area contributed by atoms with Crippen LogP contribution in [-0.4, -0.2) is 17.3 Å². The van der Waals surface area contributed by atoms with Crippen LogP contribution in [-0.2, 0) is 4.74 Å². The molecule has 1 fully saturated rings. The second-order valence-corrected chi connectivity index (χ2v) is 5.36. The van der Waals surface area contributed by atoms with Gasteiger partial charge in [0, 0.05) is 10.9 Å². The fourth-order valence-corrected chi connectivity index (χ4v) is 3.01. The number of hydrogen-bond donors (Lipinski definition) is 1. The van der Waals surface area contributed by atoms with Crippen molar-refractivity contribution in [2.75, 3.05) is 0 Å². The summed E-state index contributed by atoms with van der Waals surface area (Å²) in [6.07, 6.45) is -0.308. The summed E-state index contributed by atoms with van der Waals surface area (Å²) in [6.45, 7) is 6.20. The molecular weight excluding hydrogens is 236 g/mol. The molecule has 5 atom stereocenters. The normalized spacial score (nSPS) is 34.9. The Morgan fingerprint density at radius 1 is 1.18 bits per heavy atom. The Morgan fingerprint density at radius 3 is 2.35 bits per heavy atom. The van der Waals surface area contributed by atoms with Gasteiger partial charge in [0.15, 0.2) is 0 Å². The lowest BCUT2D eigenvalue weighted by Crippen LogP contribution is -2.25. The molecule has 1 N–H and O–H groups in total. The maximum Gasteiger partial charge on any atom is 0.0860 e. The minimum atomic E-state index is -0.557. The monoisotopic (exact) mass is 254 g/mol. The molecular formula is C14H19ClO2. The van der Waals surface area contributed by atoms with Crippen molar-refractivity contribution in [3.05, 3.63) is 34.9 Å². The molecule has 1 saturated heterocycles. The summed E-state index contributed by atoms with van der Waals surface area (Å²) in [7, 11) is 0. The number of benzene rings is 1. The van der Waals surface area contributed by atoms with E-state index in [9.17, 15) is 5.11 Å². The van der Waals surface area contributed by atoms with Crippen molar-refractivity contribution in [2.45, 2.75) is 39.1 Å². The summed E-state index contributed by atoms with van der Waals surface area (Å²) in [4.78, 5) is 0. The summed E-state index contributed by atoms with van der Waals surface area (Å²) >= 11 is 6.13. The molecule has 0 amide bonds. The van der Waals surface area contributed by atoms with Crippen LogP contribution in [0, 0.1) is 11.8 Å². The van der Waals surface area contributed by atoms with E-state index in [1.807, 2.05) is 31.2 Å². The number of aliphatic hydroxyl groups is 1. The average molecular weight is 255 g/mol. The van der Waals surface area contributed by atoms with Gasteiger partial charge in [-0.3, -0.25) is 0 Å². The summed E-state index contributed by atoms with van der Waals surface area (Å²) in [5.41, 5.74) is 0.801. The molecule has 1 aliphatic rings. The van der Waals surface area contributed by atoms with Gasteiger partial charge in [-0.25, -0.2) is 0 Å². The van der Waals surface area contributed by atoms with Crippen molar-refractivity contribution in [3.63, 3.8) is 0 Å². The van der Waals surface area contributed by atoms with E-state index in [-0.39, 0.29) is 18.1 Å². The van der Waals surface area contributed by atoms with Crippen LogP contribution in [0.25, 0.3) is 0 Å². The largest absolute Gasteiger partial charge is 0.388 e. The quantitative estimate of drug-likeness (QED) is 0.876. The van der Waals surface area contributed by atoms with Crippen molar-refractivity contribution in [3.8, 4) is 0 Å². The standard InChI is InChI=1S/C14H19ClO2/c1-8-9(2)17-10(3)13(8)14(16)11-6-4-5-7-12(11)15/h4-10,13-14,16H,1-3H3. The first-order valence-corrected chi connectivity index (χ1v) is 6.48. The first-order valence-electron chi connectivity index (χ1n) is 6.10. The molecule has 0 aromatic heterocycles. The van der Waals surface area contributed by atoms with Gasteiger partial charge in [0.25, 0.3) is 0 Å². The van der Waals surface area contributed by atoms with Gasteiger partial charge in [0.1, 0.15) is 0 Å². The summed E-state index contributed by atoms with van der Waals surface area (Å²) < 4.78 is 5.77. The Bertz CT molecular complexity index is 394. The molecule has 3 heteroatoms. The lowest BCUT2D eigenvalue weighted by molar-refractivity contribution is 0.0231. The molecule has 0 bridgehead atoms. The Morgan fingerprint density at radius 2 is 1.82 bits per heavy atom. The molecule has 0 saturated carbocycles. The average Bonchev–Trinajstić information content (AvgIpc) is 2.53. The second-order valence-electron chi connectivity index (χ2n) is 4.95. The van der Waals surface area contributed by atoms with Crippen LogP contribution in [0.2, 0.25) is 5.02 Å². The third kappa shape index (κ3) is 2.35. The molecule has 0 spiro atoms. The Kier molecular flexibility index (Phi) is 3.76. The number of rotatable bonds is 2. The molecule has 1 aliphatic heterocycles. The van der Waals surface area contributed by atoms with Crippen molar-refractivity contribution in [1.82, 2.24) is 0 Å². The van der Waals surface area contributed by atoms with Crippen molar-refractivity contribution in [1.29, 1.82) is 0 Å². The van der Waals surface area contributed by atoms with Gasteiger partial charge in [0.2, 0.25) is 0 Å². The van der Waals surface area contributed by atoms with Crippen molar-refractivity contribution < 1.29 is 9.84 Å². The molecule has 1 aromatic rings. The fourth-order valence-electron chi connectivity index (χ4n) is 2.76. The fraction of sp³-hybridized carbons (Fsp3) is 0.571. The van der Waals surface area contributed by atoms with Crippen molar-refractivity contribution in [2.24, 2.45) is 11.8 Å². The van der Waals surface area contributed by atoms with Crippen LogP contribution < -0.4 is 0 Å². The molecule has 2 rings (SSSR count). The SMILES string of the molecule is CC1OC(C)C(C(O)c2ccccc2Cl)C1C. The lowest BCUT2D eigenvalue weighted by Gasteiger charge is -2.25. The lowest BCUT2D eigenvalue weighted by atomic mass is 9.82. The van der Waals surface area contributed by atoms with Crippen molar-refractivity contribution >= 4 is 11.6 Å². The molecule has 94 valence electrons. The van der Waals surface area contributed by atoms with Crippen LogP contribution in [0.4, 0.5) is 0 Å². The zero-order valence-electron chi connectivity index (χ0n) is 10.4. The second kappa shape index (κ2) is 4.97. The van der Waals surface area contributed by atoms with E-state index in [2.05, 4.69) is 13.8 Å². The topological polar surface area (TPSA) is 29.5 Å². The first kappa shape index (κ1) is 12.9. The summed E-state index contributed by atoms with van der Waals surface area (Å²) in [5.74, 6) is 0.432. The highest BCUT2D eigenvalue weighted by Crippen LogP contribution is 2.41. The van der Waals surface area contributed by atoms with E-state index in [1.165, 1.54) is 0 Å². The van der Waals surface area contributed by atoms with E-state index in [0.29, 0.717) is 10.9 Å². The zero-order valence-corrected chi connectivity index (χ0v) is 11.2. The van der Waals surface area contributed by atoms with Gasteiger partial charge in [-0.1, -0.05) is 36.7 Å². The molecule has 17 heavy (non-hydrogen) atoms. The molecule has 5 unspecified atom stereocenters. The van der Waals surface area contributed by atoms with Gasteiger partial charge in [0.05, 0.1) is 18.3 Å². The predicted molar refractivity (Wildman–Crippen MR) is 69.1 cm³/mol. The molecule has 0 radical (unpaired) electrons.